The van der Waals surface area contributed by atoms with E-state index in [1.54, 1.807) is 0 Å². The molecular formula is C42H60N6O11. The molecule has 0 unspecified atom stereocenters. The van der Waals surface area contributed by atoms with Gasteiger partial charge >= 0.3 is 5.97 Å². The second-order valence-corrected chi connectivity index (χ2v) is 15.1. The monoisotopic (exact) mass is 824 g/mol. The van der Waals surface area contributed by atoms with Crippen LogP contribution in [0.5, 0.6) is 11.5 Å². The molecule has 2 aromatic carbocycles. The number of phenols is 2. The second-order valence-electron chi connectivity index (χ2n) is 15.1. The number of carboxylic acids is 1. The highest BCUT2D eigenvalue weighted by Crippen LogP contribution is 2.38. The van der Waals surface area contributed by atoms with Gasteiger partial charge in [0.05, 0.1) is 13.2 Å². The number of hydrogen-bond donors (Lipinski definition) is 8. The van der Waals surface area contributed by atoms with Gasteiger partial charge in [0, 0.05) is 38.1 Å². The number of aliphatic hydroxyl groups excluding tert-OH is 1. The number of carbonyl (C=O) groups excluding carboxylic acids is 6. The summed E-state index contributed by atoms with van der Waals surface area (Å²) in [5.41, 5.74) is 0.724. The summed E-state index contributed by atoms with van der Waals surface area (Å²) < 4.78 is 0. The van der Waals surface area contributed by atoms with Gasteiger partial charge in [-0.05, 0) is 55.7 Å². The Morgan fingerprint density at radius 3 is 2.02 bits per heavy atom. The van der Waals surface area contributed by atoms with E-state index in [-0.39, 0.29) is 46.9 Å². The van der Waals surface area contributed by atoms with Crippen LogP contribution in [0, 0.1) is 0 Å². The smallest absolute Gasteiger partial charge is 0.326 e. The van der Waals surface area contributed by atoms with E-state index in [1.165, 1.54) is 90.0 Å². The highest BCUT2D eigenvalue weighted by atomic mass is 16.4. The van der Waals surface area contributed by atoms with Crippen LogP contribution in [0.4, 0.5) is 0 Å². The van der Waals surface area contributed by atoms with E-state index in [0.29, 0.717) is 12.0 Å². The number of carboxylic acid groups (broad SMARTS) is 1. The second kappa shape index (κ2) is 23.0. The van der Waals surface area contributed by atoms with Crippen molar-refractivity contribution in [2.75, 3.05) is 27.2 Å². The van der Waals surface area contributed by atoms with E-state index in [4.69, 9.17) is 0 Å². The maximum Gasteiger partial charge on any atom is 0.326 e. The first kappa shape index (κ1) is 47.7. The number of likely N-dealkylation sites (N-methyl/N-ethyl adjacent to an activating group) is 2. The third-order valence-corrected chi connectivity index (χ3v) is 10.5. The number of amides is 6. The molecule has 17 nitrogen and oxygen atoms in total. The summed E-state index contributed by atoms with van der Waals surface area (Å²) in [6, 6.07) is 1.62. The number of fused-ring (bicyclic) bond motifs is 5. The van der Waals surface area contributed by atoms with Crippen molar-refractivity contribution in [1.29, 1.82) is 0 Å². The van der Waals surface area contributed by atoms with Gasteiger partial charge < -0.3 is 51.5 Å². The number of aliphatic carboxylic acids is 1. The Hall–Kier alpha value is -5.71. The Balaban J connectivity index is 1.70. The van der Waals surface area contributed by atoms with Crippen LogP contribution in [0.3, 0.4) is 0 Å². The van der Waals surface area contributed by atoms with Crippen molar-refractivity contribution in [3.63, 3.8) is 0 Å². The van der Waals surface area contributed by atoms with Crippen LogP contribution in [-0.4, -0.2) is 123 Å². The molecule has 5 atom stereocenters. The number of hydrogen-bond acceptors (Lipinski definition) is 10. The molecule has 59 heavy (non-hydrogen) atoms. The third kappa shape index (κ3) is 13.7. The van der Waals surface area contributed by atoms with Crippen LogP contribution >= 0.6 is 0 Å². The van der Waals surface area contributed by atoms with E-state index in [9.17, 15) is 54.0 Å². The zero-order valence-corrected chi connectivity index (χ0v) is 34.6. The SMILES string of the molecule is CCCCCCCCCCCC(=O)N(C)[C@H](CO)C(=O)N[C@H](C)C(=O)NCC(=O)N(C)[C@@H]1C(=O)N[C@@H](C)C(=O)N[C@H](C(=O)O)Cc2ccc(O)c(c2)-c2cc1ccc2O. The number of unbranched alkanes of at least 4 members (excludes halogenated alkanes) is 8. The Morgan fingerprint density at radius 1 is 0.814 bits per heavy atom. The Kier molecular flexibility index (Phi) is 18.6. The first-order valence-electron chi connectivity index (χ1n) is 20.2. The molecule has 0 saturated heterocycles. The number of aromatic hydroxyl groups is 2. The minimum Gasteiger partial charge on any atom is -0.507 e. The van der Waals surface area contributed by atoms with Gasteiger partial charge in [0.25, 0.3) is 0 Å². The summed E-state index contributed by atoms with van der Waals surface area (Å²) in [5.74, 6) is -6.25. The molecule has 3 rings (SSSR count). The van der Waals surface area contributed by atoms with Gasteiger partial charge in [0.1, 0.15) is 41.7 Å². The molecule has 0 fully saturated rings. The molecule has 2 aromatic rings. The minimum absolute atomic E-state index is 0.0661. The molecule has 1 aliphatic rings. The molecule has 1 heterocycles. The largest absolute Gasteiger partial charge is 0.507 e. The standard InChI is InChI=1S/C42H60N6O11/c1-6-7-8-9-10-11-12-13-14-15-35(52)47(4)32(24-49)40(56)44-25(2)38(54)43-23-36(53)48(5)37-28-17-19-34(51)30(22-28)29-20-27(16-18-33(29)50)21-31(42(58)59)46-39(55)26(3)45-41(37)57/h16-20,22,25-26,31-32,37,49-51H,6-15,21,23-24H2,1-5H3,(H,43,54)(H,44,56)(H,45,57)(H,46,55)(H,58,59)/t25-,26+,31+,32-,37+/m1/s1. The van der Waals surface area contributed by atoms with Crippen molar-refractivity contribution in [1.82, 2.24) is 31.1 Å². The lowest BCUT2D eigenvalue weighted by molar-refractivity contribution is -0.143. The quantitative estimate of drug-likeness (QED) is 0.0954. The fourth-order valence-corrected chi connectivity index (χ4v) is 6.78. The molecule has 0 aliphatic carbocycles. The van der Waals surface area contributed by atoms with E-state index < -0.39 is 78.9 Å². The Morgan fingerprint density at radius 2 is 1.41 bits per heavy atom. The van der Waals surface area contributed by atoms with Crippen LogP contribution in [0.2, 0.25) is 0 Å². The van der Waals surface area contributed by atoms with Crippen LogP contribution in [-0.2, 0) is 40.0 Å². The summed E-state index contributed by atoms with van der Waals surface area (Å²) in [6.07, 6.45) is 9.70. The molecule has 0 radical (unpaired) electrons. The van der Waals surface area contributed by atoms with Gasteiger partial charge in [-0.1, -0.05) is 70.4 Å². The topological polar surface area (TPSA) is 255 Å². The molecule has 8 N–H and O–H groups in total. The summed E-state index contributed by atoms with van der Waals surface area (Å²) >= 11 is 0. The van der Waals surface area contributed by atoms with Gasteiger partial charge in [-0.2, -0.15) is 0 Å². The molecule has 1 aliphatic heterocycles. The van der Waals surface area contributed by atoms with Crippen molar-refractivity contribution >= 4 is 41.4 Å². The van der Waals surface area contributed by atoms with Gasteiger partial charge in [0.2, 0.25) is 35.4 Å². The number of aliphatic hydroxyl groups is 1. The van der Waals surface area contributed by atoms with E-state index in [2.05, 4.69) is 28.2 Å². The maximum atomic E-state index is 13.8. The highest BCUT2D eigenvalue weighted by molar-refractivity contribution is 5.96. The van der Waals surface area contributed by atoms with Crippen LogP contribution in [0.25, 0.3) is 11.1 Å². The van der Waals surface area contributed by atoms with Crippen LogP contribution in [0.1, 0.15) is 102 Å². The number of carbonyl (C=O) groups is 7. The van der Waals surface area contributed by atoms with Gasteiger partial charge in [-0.25, -0.2) is 4.79 Å². The van der Waals surface area contributed by atoms with Crippen molar-refractivity contribution in [3.05, 3.63) is 47.5 Å². The predicted molar refractivity (Wildman–Crippen MR) is 218 cm³/mol. The van der Waals surface area contributed by atoms with Crippen molar-refractivity contribution < 1.29 is 54.0 Å². The lowest BCUT2D eigenvalue weighted by atomic mass is 9.94. The number of nitrogens with zero attached hydrogens (tertiary/aromatic N) is 2. The fraction of sp³-hybridized carbons (Fsp3) is 0.548. The Labute approximate surface area is 344 Å². The van der Waals surface area contributed by atoms with E-state index >= 15 is 0 Å². The molecule has 0 aromatic heterocycles. The number of phenolic OH excluding ortho intramolecular Hbond substituents is 2. The normalized spacial score (nSPS) is 17.6. The summed E-state index contributed by atoms with van der Waals surface area (Å²) in [6.45, 7) is 3.53. The molecule has 4 bridgehead atoms. The van der Waals surface area contributed by atoms with E-state index in [1.807, 2.05) is 0 Å². The molecule has 17 heteroatoms. The maximum absolute atomic E-state index is 13.8. The van der Waals surface area contributed by atoms with Gasteiger partial charge in [-0.15, -0.1) is 0 Å². The van der Waals surface area contributed by atoms with E-state index in [0.717, 1.165) is 35.5 Å². The number of nitrogens with one attached hydrogen (secondary N) is 4. The minimum atomic E-state index is -1.47. The predicted octanol–water partition coefficient (Wildman–Crippen LogP) is 2.26. The summed E-state index contributed by atoms with van der Waals surface area (Å²) in [5, 5.41) is 51.1. The molecular weight excluding hydrogens is 764 g/mol. The van der Waals surface area contributed by atoms with Gasteiger partial charge in [0.15, 0.2) is 0 Å². The zero-order valence-electron chi connectivity index (χ0n) is 34.6. The molecule has 0 saturated carbocycles. The number of benzene rings is 2. The highest BCUT2D eigenvalue weighted by Gasteiger charge is 2.34. The van der Waals surface area contributed by atoms with Crippen molar-refractivity contribution in [2.45, 2.75) is 122 Å². The molecule has 6 amide bonds. The lowest BCUT2D eigenvalue weighted by Crippen LogP contribution is -2.55. The fourth-order valence-electron chi connectivity index (χ4n) is 6.78. The van der Waals surface area contributed by atoms with Crippen LogP contribution in [0.15, 0.2) is 36.4 Å². The Bertz CT molecular complexity index is 1820. The first-order valence-corrected chi connectivity index (χ1v) is 20.2. The van der Waals surface area contributed by atoms with Crippen LogP contribution < -0.4 is 21.3 Å². The van der Waals surface area contributed by atoms with Gasteiger partial charge in [-0.3, -0.25) is 28.8 Å². The molecule has 0 spiro atoms. The lowest BCUT2D eigenvalue weighted by Gasteiger charge is -2.30. The third-order valence-electron chi connectivity index (χ3n) is 10.5. The van der Waals surface area contributed by atoms with Crippen molar-refractivity contribution in [3.8, 4) is 22.6 Å². The zero-order chi connectivity index (χ0) is 43.8. The molecule has 324 valence electrons. The summed E-state index contributed by atoms with van der Waals surface area (Å²) in [4.78, 5) is 93.7. The van der Waals surface area contributed by atoms with Crippen molar-refractivity contribution in [2.24, 2.45) is 0 Å². The first-order chi connectivity index (χ1) is 28.0. The average Bonchev–Trinajstić information content (AvgIpc) is 3.19. The number of rotatable bonds is 19. The summed E-state index contributed by atoms with van der Waals surface area (Å²) in [7, 11) is 2.68. The average molecular weight is 825 g/mol.